The highest BCUT2D eigenvalue weighted by Gasteiger charge is 2.22. The highest BCUT2D eigenvalue weighted by atomic mass is 35.5. The van der Waals surface area contributed by atoms with E-state index in [0.29, 0.717) is 18.5 Å². The van der Waals surface area contributed by atoms with Crippen LogP contribution < -0.4 is 11.2 Å². The summed E-state index contributed by atoms with van der Waals surface area (Å²) in [5, 5.41) is 1.03. The molecule has 3 aromatic rings. The van der Waals surface area contributed by atoms with Gasteiger partial charge in [-0.15, -0.1) is 0 Å². The number of benzene rings is 1. The van der Waals surface area contributed by atoms with Gasteiger partial charge in [-0.1, -0.05) is 23.7 Å². The molecule has 9 heteroatoms. The van der Waals surface area contributed by atoms with Crippen LogP contribution in [-0.4, -0.2) is 56.0 Å². The Bertz CT molecular complexity index is 1250. The third-order valence-electron chi connectivity index (χ3n) is 5.72. The molecule has 0 radical (unpaired) electrons. The Morgan fingerprint density at radius 3 is 2.45 bits per heavy atom. The summed E-state index contributed by atoms with van der Waals surface area (Å²) < 4.78 is 2.33. The standard InChI is InChI=1S/C22H24ClN5O3/c1-25-19-17(20(29)26(2)22(25)31)8-9-18(24-19)21(30)28-11-3-10-27(12-13-28)14-15-4-6-16(23)7-5-15/h4-9H,3,10-14H2,1-2H3. The number of carbonyl (C=O) groups is 1. The largest absolute Gasteiger partial charge is 0.336 e. The SMILES string of the molecule is Cn1c(=O)c2ccc(C(=O)N3CCCN(Cc4ccc(Cl)cc4)CC3)nc2n(C)c1=O. The Kier molecular flexibility index (Phi) is 5.93. The molecule has 0 spiro atoms. The number of hydrogen-bond donors (Lipinski definition) is 0. The summed E-state index contributed by atoms with van der Waals surface area (Å²) in [7, 11) is 2.97. The fourth-order valence-electron chi connectivity index (χ4n) is 3.92. The second-order valence-corrected chi connectivity index (χ2v) is 8.26. The van der Waals surface area contributed by atoms with Crippen LogP contribution in [0.25, 0.3) is 11.0 Å². The van der Waals surface area contributed by atoms with Gasteiger partial charge in [-0.2, -0.15) is 0 Å². The van der Waals surface area contributed by atoms with Gasteiger partial charge in [-0.05, 0) is 36.2 Å². The second-order valence-electron chi connectivity index (χ2n) is 7.82. The average Bonchev–Trinajstić information content (AvgIpc) is 3.02. The normalized spacial score (nSPS) is 15.3. The first-order chi connectivity index (χ1) is 14.8. The van der Waals surface area contributed by atoms with E-state index in [1.165, 1.54) is 17.2 Å². The smallest absolute Gasteiger partial charge is 0.332 e. The van der Waals surface area contributed by atoms with Crippen molar-refractivity contribution in [1.29, 1.82) is 0 Å². The summed E-state index contributed by atoms with van der Waals surface area (Å²) in [6.45, 7) is 3.66. The zero-order valence-electron chi connectivity index (χ0n) is 17.5. The number of carbonyl (C=O) groups excluding carboxylic acids is 1. The predicted molar refractivity (Wildman–Crippen MR) is 119 cm³/mol. The predicted octanol–water partition coefficient (Wildman–Crippen LogP) is 1.63. The maximum absolute atomic E-state index is 13.1. The highest BCUT2D eigenvalue weighted by Crippen LogP contribution is 2.15. The van der Waals surface area contributed by atoms with Crippen molar-refractivity contribution < 1.29 is 4.79 Å². The maximum Gasteiger partial charge on any atom is 0.332 e. The molecule has 1 amide bonds. The van der Waals surface area contributed by atoms with E-state index in [1.54, 1.807) is 24.1 Å². The van der Waals surface area contributed by atoms with E-state index in [-0.39, 0.29) is 17.2 Å². The van der Waals surface area contributed by atoms with Crippen LogP contribution >= 0.6 is 11.6 Å². The van der Waals surface area contributed by atoms with E-state index in [0.717, 1.165) is 35.6 Å². The van der Waals surface area contributed by atoms with Gasteiger partial charge in [0.15, 0.2) is 0 Å². The minimum Gasteiger partial charge on any atom is -0.336 e. The van der Waals surface area contributed by atoms with Gasteiger partial charge >= 0.3 is 5.69 Å². The summed E-state index contributed by atoms with van der Waals surface area (Å²) >= 11 is 5.96. The molecule has 0 aliphatic carbocycles. The molecule has 1 saturated heterocycles. The molecule has 1 fully saturated rings. The molecule has 0 saturated carbocycles. The van der Waals surface area contributed by atoms with Crippen LogP contribution in [0.5, 0.6) is 0 Å². The van der Waals surface area contributed by atoms with Crippen LogP contribution in [-0.2, 0) is 20.6 Å². The fraction of sp³-hybridized carbons (Fsp3) is 0.364. The molecule has 3 heterocycles. The zero-order valence-corrected chi connectivity index (χ0v) is 18.3. The third kappa shape index (κ3) is 4.26. The summed E-state index contributed by atoms with van der Waals surface area (Å²) in [5.41, 5.74) is 0.752. The Labute approximate surface area is 184 Å². The van der Waals surface area contributed by atoms with E-state index >= 15 is 0 Å². The van der Waals surface area contributed by atoms with Crippen molar-refractivity contribution in [2.45, 2.75) is 13.0 Å². The lowest BCUT2D eigenvalue weighted by atomic mass is 10.2. The van der Waals surface area contributed by atoms with E-state index in [1.807, 2.05) is 24.3 Å². The van der Waals surface area contributed by atoms with Crippen molar-refractivity contribution in [3.63, 3.8) is 0 Å². The Morgan fingerprint density at radius 1 is 0.968 bits per heavy atom. The van der Waals surface area contributed by atoms with Gasteiger partial charge in [-0.3, -0.25) is 23.6 Å². The fourth-order valence-corrected chi connectivity index (χ4v) is 4.04. The minimum absolute atomic E-state index is 0.191. The monoisotopic (exact) mass is 441 g/mol. The molecule has 0 bridgehead atoms. The lowest BCUT2D eigenvalue weighted by Gasteiger charge is -2.22. The van der Waals surface area contributed by atoms with Gasteiger partial charge in [0.05, 0.1) is 5.39 Å². The van der Waals surface area contributed by atoms with Crippen LogP contribution in [0.2, 0.25) is 5.02 Å². The molecule has 0 atom stereocenters. The quantitative estimate of drug-likeness (QED) is 0.617. The molecule has 162 valence electrons. The van der Waals surface area contributed by atoms with Gasteiger partial charge in [0, 0.05) is 51.8 Å². The number of pyridine rings is 1. The van der Waals surface area contributed by atoms with Crippen LogP contribution in [0.3, 0.4) is 0 Å². The summed E-state index contributed by atoms with van der Waals surface area (Å²) in [4.78, 5) is 46.1. The third-order valence-corrected chi connectivity index (χ3v) is 5.97. The van der Waals surface area contributed by atoms with E-state index in [4.69, 9.17) is 11.6 Å². The molecule has 8 nitrogen and oxygen atoms in total. The van der Waals surface area contributed by atoms with Crippen molar-refractivity contribution in [2.24, 2.45) is 14.1 Å². The van der Waals surface area contributed by atoms with Crippen LogP contribution in [0.4, 0.5) is 0 Å². The Morgan fingerprint density at radius 2 is 1.71 bits per heavy atom. The number of fused-ring (bicyclic) bond motifs is 1. The Balaban J connectivity index is 1.52. The van der Waals surface area contributed by atoms with Crippen LogP contribution in [0, 0.1) is 0 Å². The molecule has 31 heavy (non-hydrogen) atoms. The van der Waals surface area contributed by atoms with Crippen molar-refractivity contribution in [3.05, 3.63) is 73.5 Å². The summed E-state index contributed by atoms with van der Waals surface area (Å²) in [5.74, 6) is -0.191. The Hall–Kier alpha value is -2.97. The summed E-state index contributed by atoms with van der Waals surface area (Å²) in [6.07, 6.45) is 0.853. The van der Waals surface area contributed by atoms with Gasteiger partial charge < -0.3 is 4.90 Å². The highest BCUT2D eigenvalue weighted by molar-refractivity contribution is 6.30. The van der Waals surface area contributed by atoms with Crippen molar-refractivity contribution in [1.82, 2.24) is 23.9 Å². The van der Waals surface area contributed by atoms with Gasteiger partial charge in [0.2, 0.25) is 0 Å². The second kappa shape index (κ2) is 8.64. The molecule has 4 rings (SSSR count). The van der Waals surface area contributed by atoms with E-state index in [2.05, 4.69) is 9.88 Å². The van der Waals surface area contributed by atoms with Gasteiger partial charge in [0.1, 0.15) is 11.3 Å². The van der Waals surface area contributed by atoms with Crippen molar-refractivity contribution in [2.75, 3.05) is 26.2 Å². The molecule has 1 aromatic carbocycles. The lowest BCUT2D eigenvalue weighted by molar-refractivity contribution is 0.0755. The van der Waals surface area contributed by atoms with Crippen LogP contribution in [0.15, 0.2) is 46.0 Å². The van der Waals surface area contributed by atoms with Crippen molar-refractivity contribution in [3.8, 4) is 0 Å². The minimum atomic E-state index is -0.470. The molecule has 0 N–H and O–H groups in total. The number of aryl methyl sites for hydroxylation is 1. The number of halogens is 1. The zero-order chi connectivity index (χ0) is 22.1. The molecule has 1 aliphatic heterocycles. The first kappa shape index (κ1) is 21.3. The van der Waals surface area contributed by atoms with Crippen molar-refractivity contribution >= 4 is 28.5 Å². The topological polar surface area (TPSA) is 80.4 Å². The van der Waals surface area contributed by atoms with E-state index < -0.39 is 11.2 Å². The maximum atomic E-state index is 13.1. The van der Waals surface area contributed by atoms with Crippen LogP contribution in [0.1, 0.15) is 22.5 Å². The number of amides is 1. The first-order valence-corrected chi connectivity index (χ1v) is 10.6. The number of rotatable bonds is 3. The van der Waals surface area contributed by atoms with Gasteiger partial charge in [-0.25, -0.2) is 9.78 Å². The summed E-state index contributed by atoms with van der Waals surface area (Å²) in [6, 6.07) is 10.9. The average molecular weight is 442 g/mol. The molecular weight excluding hydrogens is 418 g/mol. The van der Waals surface area contributed by atoms with E-state index in [9.17, 15) is 14.4 Å². The lowest BCUT2D eigenvalue weighted by Crippen LogP contribution is -2.38. The number of nitrogens with zero attached hydrogens (tertiary/aromatic N) is 5. The molecule has 1 aliphatic rings. The first-order valence-electron chi connectivity index (χ1n) is 10.2. The number of aromatic nitrogens is 3. The van der Waals surface area contributed by atoms with Gasteiger partial charge in [0.25, 0.3) is 11.5 Å². The molecule has 2 aromatic heterocycles. The molecular formula is C22H24ClN5O3. The number of hydrogen-bond acceptors (Lipinski definition) is 5. The molecule has 0 unspecified atom stereocenters.